The smallest absolute Gasteiger partial charge is 0.265 e. The first kappa shape index (κ1) is 19.2. The Kier molecular flexibility index (Phi) is 6.78. The average molecular weight is 383 g/mol. The SMILES string of the molecule is C=CCNC(=O)c1cc(Cl)c(NC(=O)C2=C(C)OCCS2)cc1OC. The molecule has 2 N–H and O–H groups in total. The van der Waals surface area contributed by atoms with E-state index < -0.39 is 0 Å². The van der Waals surface area contributed by atoms with Crippen LogP contribution in [0.2, 0.25) is 5.02 Å². The molecule has 0 saturated heterocycles. The Bertz CT molecular complexity index is 734. The molecule has 1 aromatic carbocycles. The fourth-order valence-corrected chi connectivity index (χ4v) is 3.19. The van der Waals surface area contributed by atoms with Gasteiger partial charge in [0.25, 0.3) is 11.8 Å². The van der Waals surface area contributed by atoms with Gasteiger partial charge in [-0.05, 0) is 13.0 Å². The minimum atomic E-state index is -0.341. The van der Waals surface area contributed by atoms with E-state index in [-0.39, 0.29) is 22.4 Å². The van der Waals surface area contributed by atoms with E-state index in [0.717, 1.165) is 0 Å². The largest absolute Gasteiger partial charge is 0.496 e. The van der Waals surface area contributed by atoms with Crippen LogP contribution in [0.4, 0.5) is 5.69 Å². The van der Waals surface area contributed by atoms with Gasteiger partial charge in [0.15, 0.2) is 0 Å². The number of rotatable bonds is 6. The first-order valence-corrected chi connectivity index (χ1v) is 8.88. The number of ether oxygens (including phenoxy) is 2. The maximum atomic E-state index is 12.4. The third kappa shape index (κ3) is 4.70. The number of methoxy groups -OCH3 is 1. The van der Waals surface area contributed by atoms with Crippen LogP contribution < -0.4 is 15.4 Å². The highest BCUT2D eigenvalue weighted by atomic mass is 35.5. The van der Waals surface area contributed by atoms with E-state index in [0.29, 0.717) is 41.0 Å². The fraction of sp³-hybridized carbons (Fsp3) is 0.294. The third-order valence-electron chi connectivity index (χ3n) is 3.36. The second-order valence-corrected chi connectivity index (χ2v) is 6.58. The van der Waals surface area contributed by atoms with Crippen LogP contribution in [-0.4, -0.2) is 37.8 Å². The highest BCUT2D eigenvalue weighted by Crippen LogP contribution is 2.33. The van der Waals surface area contributed by atoms with E-state index in [2.05, 4.69) is 17.2 Å². The van der Waals surface area contributed by atoms with E-state index in [9.17, 15) is 9.59 Å². The lowest BCUT2D eigenvalue weighted by atomic mass is 10.1. The van der Waals surface area contributed by atoms with Crippen molar-refractivity contribution in [1.82, 2.24) is 5.32 Å². The van der Waals surface area contributed by atoms with Gasteiger partial charge in [-0.15, -0.1) is 18.3 Å². The summed E-state index contributed by atoms with van der Waals surface area (Å²) in [5, 5.41) is 5.63. The molecule has 0 spiro atoms. The van der Waals surface area contributed by atoms with Gasteiger partial charge in [0.2, 0.25) is 0 Å². The molecule has 6 nitrogen and oxygen atoms in total. The predicted molar refractivity (Wildman–Crippen MR) is 100 cm³/mol. The molecule has 0 atom stereocenters. The molecule has 0 aliphatic carbocycles. The van der Waals surface area contributed by atoms with Crippen LogP contribution in [0.25, 0.3) is 0 Å². The summed E-state index contributed by atoms with van der Waals surface area (Å²) < 4.78 is 10.6. The number of allylic oxidation sites excluding steroid dienone is 1. The van der Waals surface area contributed by atoms with Crippen LogP contribution in [0, 0.1) is 0 Å². The average Bonchev–Trinajstić information content (AvgIpc) is 2.61. The second kappa shape index (κ2) is 8.82. The highest BCUT2D eigenvalue weighted by Gasteiger charge is 2.21. The lowest BCUT2D eigenvalue weighted by molar-refractivity contribution is -0.112. The van der Waals surface area contributed by atoms with Crippen LogP contribution in [-0.2, 0) is 9.53 Å². The maximum absolute atomic E-state index is 12.4. The number of amides is 2. The molecule has 1 aliphatic rings. The van der Waals surface area contributed by atoms with Crippen molar-refractivity contribution in [1.29, 1.82) is 0 Å². The molecular formula is C17H19ClN2O4S. The van der Waals surface area contributed by atoms with E-state index in [1.807, 2.05) is 0 Å². The monoisotopic (exact) mass is 382 g/mol. The number of thioether (sulfide) groups is 1. The lowest BCUT2D eigenvalue weighted by Gasteiger charge is -2.18. The summed E-state index contributed by atoms with van der Waals surface area (Å²) in [7, 11) is 1.44. The summed E-state index contributed by atoms with van der Waals surface area (Å²) in [5.74, 6) is 0.942. The summed E-state index contributed by atoms with van der Waals surface area (Å²) in [5.41, 5.74) is 0.633. The molecule has 1 aliphatic heterocycles. The number of carbonyl (C=O) groups is 2. The number of hydrogen-bond acceptors (Lipinski definition) is 5. The zero-order valence-electron chi connectivity index (χ0n) is 14.0. The van der Waals surface area contributed by atoms with Gasteiger partial charge in [0, 0.05) is 18.4 Å². The first-order valence-electron chi connectivity index (χ1n) is 7.52. The number of halogens is 1. The van der Waals surface area contributed by atoms with Crippen LogP contribution in [0.15, 0.2) is 35.5 Å². The molecule has 0 unspecified atom stereocenters. The number of carbonyl (C=O) groups excluding carboxylic acids is 2. The van der Waals surface area contributed by atoms with Gasteiger partial charge in [0.1, 0.15) is 16.4 Å². The number of hydrogen-bond donors (Lipinski definition) is 2. The Morgan fingerprint density at radius 1 is 1.44 bits per heavy atom. The molecule has 0 aromatic heterocycles. The van der Waals surface area contributed by atoms with Crippen LogP contribution >= 0.6 is 23.4 Å². The molecule has 0 saturated carbocycles. The fourth-order valence-electron chi connectivity index (χ4n) is 2.17. The summed E-state index contributed by atoms with van der Waals surface area (Å²) in [4.78, 5) is 25.1. The van der Waals surface area contributed by atoms with E-state index in [1.54, 1.807) is 13.0 Å². The van der Waals surface area contributed by atoms with Gasteiger partial charge in [-0.2, -0.15) is 0 Å². The minimum Gasteiger partial charge on any atom is -0.496 e. The van der Waals surface area contributed by atoms with Gasteiger partial charge in [0.05, 0.1) is 30.0 Å². The Labute approximate surface area is 155 Å². The van der Waals surface area contributed by atoms with Crippen LogP contribution in [0.1, 0.15) is 17.3 Å². The molecule has 0 bridgehead atoms. The van der Waals surface area contributed by atoms with Gasteiger partial charge in [-0.25, -0.2) is 0 Å². The molecule has 134 valence electrons. The molecule has 0 radical (unpaired) electrons. The van der Waals surface area contributed by atoms with E-state index in [1.165, 1.54) is 31.0 Å². The van der Waals surface area contributed by atoms with Gasteiger partial charge in [-0.3, -0.25) is 9.59 Å². The quantitative estimate of drug-likeness (QED) is 0.739. The summed E-state index contributed by atoms with van der Waals surface area (Å²) in [6, 6.07) is 2.98. The highest BCUT2D eigenvalue weighted by molar-refractivity contribution is 8.04. The van der Waals surface area contributed by atoms with Crippen molar-refractivity contribution >= 4 is 40.9 Å². The zero-order chi connectivity index (χ0) is 18.4. The van der Waals surface area contributed by atoms with Crippen molar-refractivity contribution in [2.45, 2.75) is 6.92 Å². The summed E-state index contributed by atoms with van der Waals surface area (Å²) in [6.07, 6.45) is 1.57. The van der Waals surface area contributed by atoms with E-state index in [4.69, 9.17) is 21.1 Å². The van der Waals surface area contributed by atoms with Crippen molar-refractivity contribution in [2.24, 2.45) is 0 Å². The summed E-state index contributed by atoms with van der Waals surface area (Å²) in [6.45, 7) is 6.20. The number of anilines is 1. The number of nitrogens with one attached hydrogen (secondary N) is 2. The van der Waals surface area contributed by atoms with Crippen molar-refractivity contribution < 1.29 is 19.1 Å². The molecule has 1 heterocycles. The molecule has 2 amide bonds. The maximum Gasteiger partial charge on any atom is 0.265 e. The Morgan fingerprint density at radius 2 is 2.20 bits per heavy atom. The summed E-state index contributed by atoms with van der Waals surface area (Å²) >= 11 is 7.66. The normalized spacial score (nSPS) is 13.7. The molecule has 2 rings (SSSR count). The van der Waals surface area contributed by atoms with Crippen molar-refractivity contribution in [3.05, 3.63) is 46.0 Å². The second-order valence-electron chi connectivity index (χ2n) is 5.07. The lowest BCUT2D eigenvalue weighted by Crippen LogP contribution is -2.24. The molecular weight excluding hydrogens is 364 g/mol. The molecule has 25 heavy (non-hydrogen) atoms. The Morgan fingerprint density at radius 3 is 2.84 bits per heavy atom. The zero-order valence-corrected chi connectivity index (χ0v) is 15.6. The third-order valence-corrected chi connectivity index (χ3v) is 4.81. The van der Waals surface area contributed by atoms with Gasteiger partial charge in [-0.1, -0.05) is 17.7 Å². The molecule has 1 aromatic rings. The predicted octanol–water partition coefficient (Wildman–Crippen LogP) is 3.20. The molecule has 8 heteroatoms. The van der Waals surface area contributed by atoms with E-state index >= 15 is 0 Å². The number of benzene rings is 1. The van der Waals surface area contributed by atoms with Crippen molar-refractivity contribution in [3.63, 3.8) is 0 Å². The van der Waals surface area contributed by atoms with Crippen molar-refractivity contribution in [2.75, 3.05) is 31.3 Å². The Balaban J connectivity index is 2.26. The molecule has 0 fully saturated rings. The minimum absolute atomic E-state index is 0.234. The van der Waals surface area contributed by atoms with Crippen LogP contribution in [0.5, 0.6) is 5.75 Å². The standard InChI is InChI=1S/C17H19ClN2O4S/c1-4-5-19-16(21)11-8-12(18)13(9-14(11)23-3)20-17(22)15-10(2)24-6-7-25-15/h4,8-9H,1,5-7H2,2-3H3,(H,19,21)(H,20,22). The Hall–Kier alpha value is -2.12. The first-order chi connectivity index (χ1) is 12.0. The topological polar surface area (TPSA) is 76.7 Å². The van der Waals surface area contributed by atoms with Crippen molar-refractivity contribution in [3.8, 4) is 5.75 Å². The van der Waals surface area contributed by atoms with Crippen LogP contribution in [0.3, 0.4) is 0 Å². The van der Waals surface area contributed by atoms with Gasteiger partial charge < -0.3 is 20.1 Å². The van der Waals surface area contributed by atoms with Gasteiger partial charge >= 0.3 is 0 Å².